The summed E-state index contributed by atoms with van der Waals surface area (Å²) in [4.78, 5) is 4.70. The van der Waals surface area contributed by atoms with Gasteiger partial charge >= 0.3 is 0 Å². The number of benzene rings is 6. The quantitative estimate of drug-likeness (QED) is 0.114. The van der Waals surface area contributed by atoms with Crippen molar-refractivity contribution < 1.29 is 0 Å². The van der Waals surface area contributed by atoms with E-state index in [9.17, 15) is 0 Å². The van der Waals surface area contributed by atoms with Gasteiger partial charge in [-0.2, -0.15) is 0 Å². The summed E-state index contributed by atoms with van der Waals surface area (Å²) in [6.45, 7) is 13.9. The summed E-state index contributed by atoms with van der Waals surface area (Å²) in [5, 5.41) is 0. The first kappa shape index (κ1) is 35.7. The maximum Gasteiger partial charge on any atom is 0.0462 e. The molecule has 0 amide bonds. The molecule has 0 radical (unpaired) electrons. The molecule has 0 aliphatic rings. The lowest BCUT2D eigenvalue weighted by molar-refractivity contribution is 0.414. The number of hydrogen-bond acceptors (Lipinski definition) is 2. The lowest BCUT2D eigenvalue weighted by atomic mass is 9.76. The van der Waals surface area contributed by atoms with Crippen LogP contribution in [0.5, 0.6) is 0 Å². The molecule has 6 aromatic carbocycles. The smallest absolute Gasteiger partial charge is 0.0462 e. The summed E-state index contributed by atoms with van der Waals surface area (Å²) in [5.74, 6) is 0. The molecule has 1 atom stereocenters. The Morgan fingerprint density at radius 2 is 0.706 bits per heavy atom. The Balaban J connectivity index is 1.28. The highest BCUT2D eigenvalue weighted by Crippen LogP contribution is 2.40. The molecule has 0 spiro atoms. The molecule has 260 valence electrons. The minimum Gasteiger partial charge on any atom is -0.311 e. The molecular weight excluding hydrogens is 617 g/mol. The Bertz CT molecular complexity index is 1940. The summed E-state index contributed by atoms with van der Waals surface area (Å²) in [5.41, 5.74) is 12.5. The van der Waals surface area contributed by atoms with Gasteiger partial charge < -0.3 is 9.80 Å². The average Bonchev–Trinajstić information content (AvgIpc) is 3.17. The van der Waals surface area contributed by atoms with Crippen molar-refractivity contribution in [2.24, 2.45) is 0 Å². The predicted octanol–water partition coefficient (Wildman–Crippen LogP) is 14.8. The minimum atomic E-state index is 0.163. The topological polar surface area (TPSA) is 6.48 Å². The molecule has 0 aromatic heterocycles. The van der Waals surface area contributed by atoms with Crippen LogP contribution < -0.4 is 9.80 Å². The molecule has 0 heterocycles. The van der Waals surface area contributed by atoms with Crippen molar-refractivity contribution in [1.29, 1.82) is 0 Å². The second-order valence-electron chi connectivity index (χ2n) is 14.8. The summed E-state index contributed by atoms with van der Waals surface area (Å²) >= 11 is 0. The Labute approximate surface area is 307 Å². The van der Waals surface area contributed by atoms with Crippen molar-refractivity contribution in [2.45, 2.75) is 84.5 Å². The normalized spacial score (nSPS) is 12.7. The van der Waals surface area contributed by atoms with Gasteiger partial charge in [-0.3, -0.25) is 0 Å². The van der Waals surface area contributed by atoms with Crippen molar-refractivity contribution in [3.8, 4) is 11.1 Å². The van der Waals surface area contributed by atoms with Crippen LogP contribution in [0.2, 0.25) is 0 Å². The Hall–Kier alpha value is -5.08. The maximum absolute atomic E-state index is 2.40. The molecule has 0 saturated heterocycles. The van der Waals surface area contributed by atoms with Gasteiger partial charge in [0, 0.05) is 34.1 Å². The Morgan fingerprint density at radius 3 is 1.06 bits per heavy atom. The molecular formula is C49H54N2. The van der Waals surface area contributed by atoms with Crippen LogP contribution in [0.15, 0.2) is 158 Å². The molecule has 2 heteroatoms. The van der Waals surface area contributed by atoms with Crippen LogP contribution in [0.4, 0.5) is 34.1 Å². The minimum absolute atomic E-state index is 0.163. The average molecular weight is 671 g/mol. The van der Waals surface area contributed by atoms with Crippen LogP contribution >= 0.6 is 0 Å². The molecule has 0 saturated carbocycles. The molecule has 2 nitrogen and oxygen atoms in total. The van der Waals surface area contributed by atoms with Crippen LogP contribution in [0.3, 0.4) is 0 Å². The molecule has 1 unspecified atom stereocenters. The third-order valence-corrected chi connectivity index (χ3v) is 10.8. The third kappa shape index (κ3) is 7.97. The summed E-state index contributed by atoms with van der Waals surface area (Å²) in [6, 6.07) is 57.7. The summed E-state index contributed by atoms with van der Waals surface area (Å²) in [6.07, 6.45) is 5.88. The Morgan fingerprint density at radius 1 is 0.373 bits per heavy atom. The van der Waals surface area contributed by atoms with Crippen molar-refractivity contribution in [3.63, 3.8) is 0 Å². The van der Waals surface area contributed by atoms with Gasteiger partial charge in [0.2, 0.25) is 0 Å². The standard InChI is InChI=1S/C49H54N2/c1-7-36-48(4,5)40-24-32-46(33-25-40)50(42-16-12-10-13-17-42)44-28-20-38(21-29-44)39-22-30-45(31-23-39)51(43-18-14-11-15-19-43)47-34-26-41(27-35-47)49(6,9-3)37-8-2/h10-35H,7-9,36-37H2,1-6H3. The molecule has 0 N–H and O–H groups in total. The van der Waals surface area contributed by atoms with Crippen LogP contribution in [-0.2, 0) is 10.8 Å². The summed E-state index contributed by atoms with van der Waals surface area (Å²) in [7, 11) is 0. The van der Waals surface area contributed by atoms with Crippen molar-refractivity contribution >= 4 is 34.1 Å². The number of anilines is 6. The van der Waals surface area contributed by atoms with E-state index >= 15 is 0 Å². The highest BCUT2D eigenvalue weighted by molar-refractivity contribution is 5.80. The van der Waals surface area contributed by atoms with Gasteiger partial charge in [0.15, 0.2) is 0 Å². The molecule has 0 bridgehead atoms. The second-order valence-corrected chi connectivity index (χ2v) is 14.8. The maximum atomic E-state index is 2.40. The van der Waals surface area contributed by atoms with E-state index in [-0.39, 0.29) is 10.8 Å². The Kier molecular flexibility index (Phi) is 11.1. The van der Waals surface area contributed by atoms with Crippen molar-refractivity contribution in [2.75, 3.05) is 9.80 Å². The van der Waals surface area contributed by atoms with Crippen LogP contribution in [0, 0.1) is 0 Å². The van der Waals surface area contributed by atoms with Crippen molar-refractivity contribution in [3.05, 3.63) is 169 Å². The van der Waals surface area contributed by atoms with Crippen LogP contribution in [0.1, 0.15) is 84.8 Å². The van der Waals surface area contributed by atoms with Crippen LogP contribution in [-0.4, -0.2) is 0 Å². The largest absolute Gasteiger partial charge is 0.311 e. The highest BCUT2D eigenvalue weighted by Gasteiger charge is 2.24. The first-order valence-corrected chi connectivity index (χ1v) is 18.9. The monoisotopic (exact) mass is 670 g/mol. The fourth-order valence-corrected chi connectivity index (χ4v) is 7.58. The van der Waals surface area contributed by atoms with E-state index in [2.05, 4.69) is 209 Å². The van der Waals surface area contributed by atoms with E-state index in [4.69, 9.17) is 0 Å². The van der Waals surface area contributed by atoms with Gasteiger partial charge in [0.25, 0.3) is 0 Å². The van der Waals surface area contributed by atoms with Gasteiger partial charge in [-0.05, 0) is 125 Å². The van der Waals surface area contributed by atoms with Gasteiger partial charge in [0.05, 0.1) is 0 Å². The first-order valence-electron chi connectivity index (χ1n) is 18.9. The molecule has 51 heavy (non-hydrogen) atoms. The van der Waals surface area contributed by atoms with E-state index in [0.29, 0.717) is 0 Å². The number of hydrogen-bond donors (Lipinski definition) is 0. The lowest BCUT2D eigenvalue weighted by Crippen LogP contribution is -2.20. The highest BCUT2D eigenvalue weighted by atomic mass is 15.1. The molecule has 0 aliphatic carbocycles. The zero-order valence-electron chi connectivity index (χ0n) is 31.4. The fourth-order valence-electron chi connectivity index (χ4n) is 7.58. The van der Waals surface area contributed by atoms with Gasteiger partial charge in [0.1, 0.15) is 0 Å². The van der Waals surface area contributed by atoms with E-state index in [1.807, 2.05) is 0 Å². The summed E-state index contributed by atoms with van der Waals surface area (Å²) < 4.78 is 0. The number of rotatable bonds is 14. The van der Waals surface area contributed by atoms with E-state index < -0.39 is 0 Å². The third-order valence-electron chi connectivity index (χ3n) is 10.8. The van der Waals surface area contributed by atoms with Gasteiger partial charge in [-0.1, -0.05) is 139 Å². The van der Waals surface area contributed by atoms with Crippen molar-refractivity contribution in [1.82, 2.24) is 0 Å². The van der Waals surface area contributed by atoms with Gasteiger partial charge in [-0.15, -0.1) is 0 Å². The predicted molar refractivity (Wildman–Crippen MR) is 222 cm³/mol. The molecule has 6 rings (SSSR count). The molecule has 0 aliphatic heterocycles. The lowest BCUT2D eigenvalue weighted by Gasteiger charge is -2.30. The van der Waals surface area contributed by atoms with E-state index in [1.54, 1.807) is 0 Å². The first-order chi connectivity index (χ1) is 24.8. The number of para-hydroxylation sites is 2. The second kappa shape index (κ2) is 15.9. The zero-order chi connectivity index (χ0) is 35.8. The van der Waals surface area contributed by atoms with Crippen LogP contribution in [0.25, 0.3) is 11.1 Å². The molecule has 6 aromatic rings. The fraction of sp³-hybridized carbons (Fsp3) is 0.265. The number of nitrogens with zero attached hydrogens (tertiary/aromatic N) is 2. The zero-order valence-corrected chi connectivity index (χ0v) is 31.4. The molecule has 0 fully saturated rings. The van der Waals surface area contributed by atoms with E-state index in [1.165, 1.54) is 53.6 Å². The van der Waals surface area contributed by atoms with E-state index in [0.717, 1.165) is 34.9 Å². The SMILES string of the molecule is CCCC(C)(C)c1ccc(N(c2ccccc2)c2ccc(-c3ccc(N(c4ccccc4)c4ccc(C(C)(CC)CCC)cc4)cc3)cc2)cc1. The van der Waals surface area contributed by atoms with Gasteiger partial charge in [-0.25, -0.2) is 0 Å².